The number of alkyl halides is 6. The molecule has 0 saturated heterocycles. The number of halogens is 6. The summed E-state index contributed by atoms with van der Waals surface area (Å²) in [6.45, 7) is 16.5. The molecule has 195 valence electrons. The Balaban J connectivity index is -0.00000170. The van der Waals surface area contributed by atoms with Crippen LogP contribution in [-0.4, -0.2) is 29.9 Å². The zero-order valence-corrected chi connectivity index (χ0v) is 23.1. The minimum absolute atomic E-state index is 0. The minimum Gasteiger partial charge on any atom is -0.777 e. The van der Waals surface area contributed by atoms with Gasteiger partial charge in [-0.2, -0.15) is 31.8 Å². The van der Waals surface area contributed by atoms with E-state index in [-0.39, 0.29) is 57.8 Å². The van der Waals surface area contributed by atoms with Crippen LogP contribution in [0.2, 0.25) is 0 Å². The number of hydrogen-bond donors (Lipinski definition) is 0. The molecule has 0 amide bonds. The van der Waals surface area contributed by atoms with Crippen LogP contribution in [0.15, 0.2) is 18.2 Å². The van der Waals surface area contributed by atoms with Gasteiger partial charge >= 0.3 is 28.8 Å². The van der Waals surface area contributed by atoms with Gasteiger partial charge in [-0.1, -0.05) is 32.4 Å². The Kier molecular flexibility index (Phi) is 15.6. The van der Waals surface area contributed by atoms with E-state index in [0.717, 1.165) is 0 Å². The molecule has 0 bridgehead atoms. The second kappa shape index (κ2) is 14.0. The molecule has 0 unspecified atom stereocenters. The largest absolute Gasteiger partial charge is 3.00 e. The predicted molar refractivity (Wildman–Crippen MR) is 129 cm³/mol. The van der Waals surface area contributed by atoms with Crippen LogP contribution < -0.4 is 5.46 Å². The molecule has 0 aliphatic carbocycles. The van der Waals surface area contributed by atoms with Crippen LogP contribution in [0.5, 0.6) is 0 Å². The molecule has 0 N–H and O–H groups in total. The molecule has 1 rings (SSSR count). The summed E-state index contributed by atoms with van der Waals surface area (Å²) in [5, 5.41) is 10.0. The van der Waals surface area contributed by atoms with Gasteiger partial charge in [0, 0.05) is 7.92 Å². The summed E-state index contributed by atoms with van der Waals surface area (Å²) in [4.78, 5) is 0. The Bertz CT molecular complexity index is 681. The van der Waals surface area contributed by atoms with Gasteiger partial charge < -0.3 is 17.5 Å². The van der Waals surface area contributed by atoms with E-state index < -0.39 is 38.9 Å². The van der Waals surface area contributed by atoms with E-state index in [0.29, 0.717) is 12.1 Å². The Morgan fingerprint density at radius 3 is 1.45 bits per heavy atom. The fourth-order valence-corrected chi connectivity index (χ4v) is 7.10. The van der Waals surface area contributed by atoms with Gasteiger partial charge in [0.2, 0.25) is 0 Å². The average molecular weight is 546 g/mol. The second-order valence-electron chi connectivity index (χ2n) is 9.75. The number of nitrogens with zero attached hydrogens (tertiary/aromatic N) is 1. The van der Waals surface area contributed by atoms with Crippen molar-refractivity contribution in [1.29, 1.82) is 0 Å². The van der Waals surface area contributed by atoms with Gasteiger partial charge in [0.15, 0.2) is 7.48 Å². The van der Waals surface area contributed by atoms with E-state index in [1.165, 1.54) is 6.42 Å². The Hall–Kier alpha value is -0.742. The van der Waals surface area contributed by atoms with Crippen molar-refractivity contribution in [3.8, 4) is 0 Å². The standard InChI is InChI=1S/C18H25BF6NOP.C3H8.CH3.Ni/c1-15(2,3)28(16(4,5)6)10-14(26)27-19-13-8-11(17(20,21)22)7-12(9-13)18(23,24)25;1-3-2;;/h7-9H,10,19H2,1-6H3;3H2,1-2H3;1H3;/q-2;;-1;+3/p+1. The van der Waals surface area contributed by atoms with Gasteiger partial charge in [0.05, 0.1) is 27.6 Å². The summed E-state index contributed by atoms with van der Waals surface area (Å²) in [7, 11) is -3.07. The van der Waals surface area contributed by atoms with Gasteiger partial charge in [0.1, 0.15) is 0 Å². The fraction of sp³-hybridized carbons (Fsp3) is 0.636. The quantitative estimate of drug-likeness (QED) is 0.0992. The number of rotatable bonds is 4. The number of benzene rings is 1. The third-order valence-corrected chi connectivity index (χ3v) is 8.72. The zero-order chi connectivity index (χ0) is 24.8. The van der Waals surface area contributed by atoms with Crippen LogP contribution in [-0.2, 0) is 33.5 Å². The van der Waals surface area contributed by atoms with Crippen LogP contribution in [0.1, 0.15) is 72.9 Å². The molecule has 0 heterocycles. The van der Waals surface area contributed by atoms with E-state index in [1.54, 1.807) is 0 Å². The molecule has 0 saturated carbocycles. The molecule has 1 aromatic carbocycles. The van der Waals surface area contributed by atoms with E-state index in [9.17, 15) is 31.8 Å². The van der Waals surface area contributed by atoms with Gasteiger partial charge in [0.25, 0.3) is 0 Å². The summed E-state index contributed by atoms with van der Waals surface area (Å²) in [6.07, 6.45) is -8.29. The summed E-state index contributed by atoms with van der Waals surface area (Å²) < 4.78 is 82.8. The smallest absolute Gasteiger partial charge is 0.777 e. The van der Waals surface area contributed by atoms with Crippen molar-refractivity contribution in [2.75, 3.05) is 6.16 Å². The monoisotopic (exact) mass is 545 g/mol. The van der Waals surface area contributed by atoms with Gasteiger partial charge in [-0.3, -0.25) is 0 Å². The van der Waals surface area contributed by atoms with Crippen molar-refractivity contribution in [2.24, 2.45) is 0 Å². The first-order chi connectivity index (χ1) is 13.7. The average Bonchev–Trinajstić information content (AvgIpc) is 2.54. The fourth-order valence-electron chi connectivity index (χ4n) is 3.34. The molecule has 0 spiro atoms. The summed E-state index contributed by atoms with van der Waals surface area (Å²) >= 11 is 0. The first kappa shape index (κ1) is 36.8. The van der Waals surface area contributed by atoms with E-state index in [4.69, 9.17) is 4.65 Å². The molecule has 2 nitrogen and oxygen atoms in total. The topological polar surface area (TPSA) is 31.5 Å². The second-order valence-corrected chi connectivity index (χ2v) is 14.1. The normalized spacial score (nSPS) is 12.2. The van der Waals surface area contributed by atoms with E-state index in [1.807, 2.05) is 41.5 Å². The molecule has 0 atom stereocenters. The molecular weight excluding hydrogens is 509 g/mol. The maximum Gasteiger partial charge on any atom is 3.00 e. The SMILES string of the molecule is CC(C)(C)[PH+](CC(=[N-])O[BH2-]c1cc(C(F)(F)F)cc(C(F)(F)F)c1)C(C)(C)C.CCC.[CH3-].[Ni+3]. The van der Waals surface area contributed by atoms with Crippen molar-refractivity contribution in [1.82, 2.24) is 0 Å². The van der Waals surface area contributed by atoms with Crippen molar-refractivity contribution >= 4 is 26.8 Å². The van der Waals surface area contributed by atoms with Crippen LogP contribution in [0.4, 0.5) is 26.3 Å². The van der Waals surface area contributed by atoms with E-state index >= 15 is 0 Å². The van der Waals surface area contributed by atoms with Gasteiger partial charge in [-0.05, 0) is 53.5 Å². The molecule has 0 fully saturated rings. The number of hydrogen-bond acceptors (Lipinski definition) is 1. The third kappa shape index (κ3) is 13.7. The van der Waals surface area contributed by atoms with Crippen LogP contribution in [0.25, 0.3) is 5.41 Å². The Morgan fingerprint density at radius 2 is 1.18 bits per heavy atom. The summed E-state index contributed by atoms with van der Waals surface area (Å²) in [5.74, 6) is -0.315. The minimum atomic E-state index is -4.90. The first-order valence-electron chi connectivity index (χ1n) is 10.3. The molecule has 1 radical (unpaired) electrons. The van der Waals surface area contributed by atoms with Crippen LogP contribution in [0.3, 0.4) is 0 Å². The van der Waals surface area contributed by atoms with Gasteiger partial charge in [-0.25, -0.2) is 0 Å². The van der Waals surface area contributed by atoms with Crippen molar-refractivity contribution in [3.05, 3.63) is 42.2 Å². The Labute approximate surface area is 207 Å². The molecule has 11 heteroatoms. The maximum atomic E-state index is 12.9. The van der Waals surface area contributed by atoms with Crippen molar-refractivity contribution in [3.63, 3.8) is 0 Å². The van der Waals surface area contributed by atoms with Crippen molar-refractivity contribution in [2.45, 2.75) is 84.5 Å². The van der Waals surface area contributed by atoms with Gasteiger partial charge in [-0.15, -0.1) is 0 Å². The Morgan fingerprint density at radius 1 is 0.848 bits per heavy atom. The maximum absolute atomic E-state index is 12.9. The summed E-state index contributed by atoms with van der Waals surface area (Å²) in [6, 6.07) is 1.39. The molecule has 33 heavy (non-hydrogen) atoms. The molecule has 0 aromatic heterocycles. The molecule has 0 aliphatic heterocycles. The molecule has 1 aromatic rings. The molecule has 0 aliphatic rings. The zero-order valence-electron chi connectivity index (χ0n) is 21.1. The van der Waals surface area contributed by atoms with Crippen LogP contribution in [0, 0.1) is 7.43 Å². The third-order valence-electron chi connectivity index (χ3n) is 4.44. The van der Waals surface area contributed by atoms with E-state index in [2.05, 4.69) is 13.8 Å². The van der Waals surface area contributed by atoms with Crippen LogP contribution >= 0.6 is 7.92 Å². The predicted octanol–water partition coefficient (Wildman–Crippen LogP) is 7.09. The first-order valence-corrected chi connectivity index (χ1v) is 12.0. The summed E-state index contributed by atoms with van der Waals surface area (Å²) in [5.41, 5.74) is -2.94. The molecular formula is C22H37BF6NNiOP+. The van der Waals surface area contributed by atoms with Crippen molar-refractivity contribution < 1.29 is 47.5 Å².